The van der Waals surface area contributed by atoms with E-state index < -0.39 is 32.5 Å². The molecule has 0 rings (SSSR count). The van der Waals surface area contributed by atoms with Crippen molar-refractivity contribution in [2.24, 2.45) is 5.73 Å². The lowest BCUT2D eigenvalue weighted by Crippen LogP contribution is -2.29. The number of esters is 2. The van der Waals surface area contributed by atoms with Crippen LogP contribution in [0.25, 0.3) is 0 Å². The number of hydrogen-bond donors (Lipinski definition) is 2. The van der Waals surface area contributed by atoms with E-state index in [1.807, 2.05) is 12.2 Å². The van der Waals surface area contributed by atoms with E-state index in [-0.39, 0.29) is 51.2 Å². The van der Waals surface area contributed by atoms with Gasteiger partial charge in [-0.05, 0) is 70.3 Å². The number of allylic oxidation sites excluding steroid dienone is 10. The Balaban J connectivity index is 4.44. The largest absolute Gasteiger partial charge is 0.472 e. The summed E-state index contributed by atoms with van der Waals surface area (Å²) < 4.78 is 32.4. The minimum absolute atomic E-state index is 0.0123. The van der Waals surface area contributed by atoms with Gasteiger partial charge in [0.1, 0.15) is 6.61 Å². The zero-order valence-corrected chi connectivity index (χ0v) is 33.2. The summed E-state index contributed by atoms with van der Waals surface area (Å²) in [6, 6.07) is 0. The molecule has 0 fully saturated rings. The molecule has 3 N–H and O–H groups in total. The topological polar surface area (TPSA) is 151 Å². The quantitative estimate of drug-likeness (QED) is 0.0158. The zero-order valence-electron chi connectivity index (χ0n) is 32.3. The first-order chi connectivity index (χ1) is 25.2. The molecule has 0 aliphatic heterocycles. The van der Waals surface area contributed by atoms with Crippen molar-refractivity contribution in [2.45, 2.75) is 155 Å². The molecule has 2 atom stereocenters. The smallest absolute Gasteiger partial charge is 0.462 e. The van der Waals surface area contributed by atoms with Gasteiger partial charge in [0.15, 0.2) is 11.9 Å². The summed E-state index contributed by atoms with van der Waals surface area (Å²) >= 11 is 0. The molecule has 0 aliphatic rings. The molecule has 0 aromatic rings. The molecule has 0 aromatic carbocycles. The van der Waals surface area contributed by atoms with Crippen LogP contribution in [0, 0.1) is 0 Å². The molecule has 11 heteroatoms. The monoisotopic (exact) mass is 751 g/mol. The zero-order chi connectivity index (χ0) is 38.4. The Morgan fingerprint density at radius 1 is 0.635 bits per heavy atom. The van der Waals surface area contributed by atoms with Crippen LogP contribution in [0.2, 0.25) is 0 Å². The van der Waals surface area contributed by atoms with Crippen LogP contribution in [-0.4, -0.2) is 55.1 Å². The van der Waals surface area contributed by atoms with Crippen LogP contribution in [0.1, 0.15) is 149 Å². The second-order valence-electron chi connectivity index (χ2n) is 12.8. The summed E-state index contributed by atoms with van der Waals surface area (Å²) in [7, 11) is -4.43. The fourth-order valence-electron chi connectivity index (χ4n) is 4.87. The second-order valence-corrected chi connectivity index (χ2v) is 14.3. The number of carbonyl (C=O) groups excluding carboxylic acids is 3. The van der Waals surface area contributed by atoms with Crippen LogP contribution in [0.4, 0.5) is 0 Å². The number of unbranched alkanes of at least 4 members (excludes halogenated alkanes) is 12. The minimum atomic E-state index is -4.43. The number of phosphoric acid groups is 1. The lowest BCUT2D eigenvalue weighted by atomic mass is 10.1. The van der Waals surface area contributed by atoms with Crippen LogP contribution in [0.15, 0.2) is 60.8 Å². The number of rotatable bonds is 36. The fourth-order valence-corrected chi connectivity index (χ4v) is 5.64. The van der Waals surface area contributed by atoms with Crippen LogP contribution >= 0.6 is 7.82 Å². The molecule has 0 spiro atoms. The number of carbonyl (C=O) groups is 3. The number of ketones is 1. The number of phosphoric ester groups is 1. The van der Waals surface area contributed by atoms with Gasteiger partial charge in [0.2, 0.25) is 0 Å². The third-order valence-electron chi connectivity index (χ3n) is 7.85. The highest BCUT2D eigenvalue weighted by atomic mass is 31.2. The molecule has 52 heavy (non-hydrogen) atoms. The van der Waals surface area contributed by atoms with E-state index in [0.717, 1.165) is 57.8 Å². The van der Waals surface area contributed by atoms with Crippen molar-refractivity contribution in [3.05, 3.63) is 60.8 Å². The van der Waals surface area contributed by atoms with E-state index in [9.17, 15) is 23.8 Å². The maximum absolute atomic E-state index is 12.5. The van der Waals surface area contributed by atoms with Crippen molar-refractivity contribution in [2.75, 3.05) is 26.4 Å². The fraction of sp³-hybridized carbons (Fsp3) is 0.683. The molecular formula is C41H70NO9P. The van der Waals surface area contributed by atoms with Gasteiger partial charge in [-0.1, -0.05) is 120 Å². The number of ether oxygens (including phenoxy) is 2. The third kappa shape index (κ3) is 35.8. The summed E-state index contributed by atoms with van der Waals surface area (Å²) in [5.41, 5.74) is 5.32. The lowest BCUT2D eigenvalue weighted by Gasteiger charge is -2.19. The Kier molecular flexibility index (Phi) is 34.9. The van der Waals surface area contributed by atoms with Gasteiger partial charge in [0.05, 0.1) is 13.2 Å². The molecule has 0 amide bonds. The van der Waals surface area contributed by atoms with Crippen LogP contribution in [0.5, 0.6) is 0 Å². The Hall–Kier alpha value is -2.62. The Morgan fingerprint density at radius 2 is 1.19 bits per heavy atom. The van der Waals surface area contributed by atoms with Crippen molar-refractivity contribution in [1.82, 2.24) is 0 Å². The lowest BCUT2D eigenvalue weighted by molar-refractivity contribution is -0.161. The van der Waals surface area contributed by atoms with E-state index in [1.54, 1.807) is 6.08 Å². The highest BCUT2D eigenvalue weighted by Crippen LogP contribution is 2.43. The molecule has 0 saturated carbocycles. The van der Waals surface area contributed by atoms with E-state index in [4.69, 9.17) is 24.3 Å². The van der Waals surface area contributed by atoms with Crippen LogP contribution in [-0.2, 0) is 37.5 Å². The van der Waals surface area contributed by atoms with Crippen LogP contribution < -0.4 is 5.73 Å². The average Bonchev–Trinajstić information content (AvgIpc) is 3.12. The van der Waals surface area contributed by atoms with Gasteiger partial charge in [0, 0.05) is 25.8 Å². The molecule has 1 unspecified atom stereocenters. The highest BCUT2D eigenvalue weighted by molar-refractivity contribution is 7.47. The van der Waals surface area contributed by atoms with Crippen molar-refractivity contribution in [3.63, 3.8) is 0 Å². The van der Waals surface area contributed by atoms with Gasteiger partial charge in [-0.25, -0.2) is 4.57 Å². The van der Waals surface area contributed by atoms with Crippen LogP contribution in [0.3, 0.4) is 0 Å². The molecule has 0 saturated heterocycles. The van der Waals surface area contributed by atoms with Gasteiger partial charge in [-0.3, -0.25) is 23.4 Å². The normalized spacial score (nSPS) is 13.9. The van der Waals surface area contributed by atoms with Gasteiger partial charge in [-0.15, -0.1) is 0 Å². The predicted molar refractivity (Wildman–Crippen MR) is 211 cm³/mol. The average molecular weight is 752 g/mol. The molecule has 298 valence electrons. The number of hydrogen-bond acceptors (Lipinski definition) is 9. The van der Waals surface area contributed by atoms with Gasteiger partial charge in [0.25, 0.3) is 0 Å². The van der Waals surface area contributed by atoms with Crippen molar-refractivity contribution >= 4 is 25.5 Å². The highest BCUT2D eigenvalue weighted by Gasteiger charge is 2.26. The summed E-state index contributed by atoms with van der Waals surface area (Å²) in [5, 5.41) is 0. The first-order valence-corrected chi connectivity index (χ1v) is 21.2. The first kappa shape index (κ1) is 49.4. The number of nitrogens with two attached hydrogens (primary N) is 1. The molecule has 10 nitrogen and oxygen atoms in total. The molecule has 0 aromatic heterocycles. The van der Waals surface area contributed by atoms with E-state index in [1.165, 1.54) is 51.0 Å². The summed E-state index contributed by atoms with van der Waals surface area (Å²) in [6.45, 7) is 3.37. The van der Waals surface area contributed by atoms with E-state index in [2.05, 4.69) is 50.3 Å². The van der Waals surface area contributed by atoms with Crippen molar-refractivity contribution in [3.8, 4) is 0 Å². The van der Waals surface area contributed by atoms with E-state index >= 15 is 0 Å². The van der Waals surface area contributed by atoms with E-state index in [0.29, 0.717) is 6.42 Å². The van der Waals surface area contributed by atoms with Crippen molar-refractivity contribution < 1.29 is 42.4 Å². The third-order valence-corrected chi connectivity index (χ3v) is 8.84. The molecule has 0 aliphatic carbocycles. The molecule has 0 bridgehead atoms. The Bertz CT molecular complexity index is 1100. The maximum Gasteiger partial charge on any atom is 0.472 e. The minimum Gasteiger partial charge on any atom is -0.462 e. The summed E-state index contributed by atoms with van der Waals surface area (Å²) in [5.74, 6) is -1.21. The van der Waals surface area contributed by atoms with Gasteiger partial charge >= 0.3 is 19.8 Å². The molecule has 0 radical (unpaired) electrons. The maximum atomic E-state index is 12.5. The standard InChI is InChI=1S/C41H70NO9P/c1-3-5-7-9-11-13-15-17-19-21-23-25-27-30-38(43)31-29-33-40(44)48-36-39(37-50-52(46,47)49-35-34-42)51-41(45)32-28-26-24-22-20-18-16-14-12-10-8-6-4-2/h11,13-14,16-17,19,23,25,27,30,39H,3-10,12,15,18,20-22,24,26,28-29,31-37,42H2,1-2H3,(H,46,47)/b13-11-,16-14-,19-17-,25-23-,30-27+/t39-/m1/s1. The SMILES string of the molecule is CCCCC/C=C\C/C=C\C/C=C\C=C\C(=O)CCCC(=O)OC[C@H](COP(=O)(O)OCCN)OC(=O)CCCCCCC/C=C\CCCCCC. The van der Waals surface area contributed by atoms with Crippen molar-refractivity contribution in [1.29, 1.82) is 0 Å². The molecule has 0 heterocycles. The van der Waals surface area contributed by atoms with Gasteiger partial charge in [-0.2, -0.15) is 0 Å². The summed E-state index contributed by atoms with van der Waals surface area (Å²) in [6.07, 6.45) is 38.3. The van der Waals surface area contributed by atoms with Gasteiger partial charge < -0.3 is 20.1 Å². The Labute approximate surface area is 315 Å². The Morgan fingerprint density at radius 3 is 1.88 bits per heavy atom. The summed E-state index contributed by atoms with van der Waals surface area (Å²) in [4.78, 5) is 46.9. The second kappa shape index (κ2) is 36.7. The predicted octanol–water partition coefficient (Wildman–Crippen LogP) is 10.1. The molecular weight excluding hydrogens is 681 g/mol. The first-order valence-electron chi connectivity index (χ1n) is 19.7.